The highest BCUT2D eigenvalue weighted by atomic mass is 32.2. The Hall–Kier alpha value is -2.26. The van der Waals surface area contributed by atoms with Crippen LogP contribution in [0.3, 0.4) is 0 Å². The Kier molecular flexibility index (Phi) is 5.82. The zero-order valence-electron chi connectivity index (χ0n) is 14.2. The van der Waals surface area contributed by atoms with Gasteiger partial charge in [-0.25, -0.2) is 13.6 Å². The van der Waals surface area contributed by atoms with E-state index in [1.165, 1.54) is 0 Å². The molecule has 0 radical (unpaired) electrons. The van der Waals surface area contributed by atoms with E-state index in [1.54, 1.807) is 24.3 Å². The SMILES string of the molecule is CC(C)Oc1ccc(CNc2ccc(S(N)(=O)=O)cc2C(F)(F)F)cc1. The number of benzene rings is 2. The summed E-state index contributed by atoms with van der Waals surface area (Å²) in [5.41, 5.74) is -0.582. The fraction of sp³-hybridized carbons (Fsp3) is 0.294. The molecule has 2 rings (SSSR count). The van der Waals surface area contributed by atoms with Crippen LogP contribution < -0.4 is 15.2 Å². The fourth-order valence-electron chi connectivity index (χ4n) is 2.24. The predicted molar refractivity (Wildman–Crippen MR) is 92.3 cm³/mol. The lowest BCUT2D eigenvalue weighted by atomic mass is 10.1. The van der Waals surface area contributed by atoms with Crippen molar-refractivity contribution in [2.45, 2.75) is 37.6 Å². The number of nitrogens with one attached hydrogen (secondary N) is 1. The van der Waals surface area contributed by atoms with Crippen molar-refractivity contribution in [3.05, 3.63) is 53.6 Å². The van der Waals surface area contributed by atoms with Gasteiger partial charge in [0.1, 0.15) is 5.75 Å². The third kappa shape index (κ3) is 5.37. The molecule has 0 atom stereocenters. The fourth-order valence-corrected chi connectivity index (χ4v) is 2.78. The molecule has 0 aliphatic carbocycles. The second kappa shape index (κ2) is 7.55. The Labute approximate surface area is 150 Å². The van der Waals surface area contributed by atoms with Gasteiger partial charge in [0.05, 0.1) is 16.6 Å². The zero-order valence-corrected chi connectivity index (χ0v) is 15.0. The van der Waals surface area contributed by atoms with Crippen LogP contribution >= 0.6 is 0 Å². The van der Waals surface area contributed by atoms with Gasteiger partial charge in [-0.2, -0.15) is 13.2 Å². The number of ether oxygens (including phenoxy) is 1. The molecule has 0 spiro atoms. The topological polar surface area (TPSA) is 81.4 Å². The van der Waals surface area contributed by atoms with E-state index in [1.807, 2.05) is 13.8 Å². The molecule has 3 N–H and O–H groups in total. The maximum atomic E-state index is 13.2. The Morgan fingerprint density at radius 1 is 1.12 bits per heavy atom. The van der Waals surface area contributed by atoms with Gasteiger partial charge < -0.3 is 10.1 Å². The van der Waals surface area contributed by atoms with Gasteiger partial charge >= 0.3 is 6.18 Å². The van der Waals surface area contributed by atoms with Crippen LogP contribution in [0.15, 0.2) is 47.4 Å². The van der Waals surface area contributed by atoms with Crippen LogP contribution in [0.2, 0.25) is 0 Å². The number of anilines is 1. The van der Waals surface area contributed by atoms with Crippen LogP contribution in [0.1, 0.15) is 25.0 Å². The second-order valence-corrected chi connectivity index (χ2v) is 7.48. The standard InChI is InChI=1S/C17H19F3N2O3S/c1-11(2)25-13-5-3-12(4-6-13)10-22-16-8-7-14(26(21,23)24)9-15(16)17(18,19)20/h3-9,11,22H,10H2,1-2H3,(H2,21,23,24). The number of halogens is 3. The first kappa shape index (κ1) is 20.1. The summed E-state index contributed by atoms with van der Waals surface area (Å²) in [6.45, 7) is 3.90. The number of primary sulfonamides is 1. The molecule has 0 bridgehead atoms. The molecule has 0 aliphatic heterocycles. The molecule has 0 heterocycles. The van der Waals surface area contributed by atoms with Gasteiger partial charge in [-0.1, -0.05) is 12.1 Å². The Balaban J connectivity index is 2.21. The molecular formula is C17H19F3N2O3S. The highest BCUT2D eigenvalue weighted by Crippen LogP contribution is 2.36. The molecule has 26 heavy (non-hydrogen) atoms. The van der Waals surface area contributed by atoms with E-state index < -0.39 is 26.7 Å². The maximum absolute atomic E-state index is 13.2. The first-order chi connectivity index (χ1) is 12.0. The maximum Gasteiger partial charge on any atom is 0.418 e. The lowest BCUT2D eigenvalue weighted by Gasteiger charge is -2.16. The highest BCUT2D eigenvalue weighted by Gasteiger charge is 2.34. The van der Waals surface area contributed by atoms with Crippen molar-refractivity contribution in [3.8, 4) is 5.75 Å². The number of hydrogen-bond acceptors (Lipinski definition) is 4. The highest BCUT2D eigenvalue weighted by molar-refractivity contribution is 7.89. The Morgan fingerprint density at radius 2 is 1.73 bits per heavy atom. The molecule has 0 aliphatic rings. The minimum absolute atomic E-state index is 0.0191. The molecule has 0 unspecified atom stereocenters. The van der Waals surface area contributed by atoms with Gasteiger partial charge in [0, 0.05) is 12.2 Å². The van der Waals surface area contributed by atoms with E-state index in [-0.39, 0.29) is 18.3 Å². The number of sulfonamides is 1. The van der Waals surface area contributed by atoms with Gasteiger partial charge in [0.25, 0.3) is 0 Å². The van der Waals surface area contributed by atoms with Crippen molar-refractivity contribution in [1.29, 1.82) is 0 Å². The molecule has 0 saturated carbocycles. The third-order valence-corrected chi connectivity index (χ3v) is 4.31. The smallest absolute Gasteiger partial charge is 0.418 e. The van der Waals surface area contributed by atoms with Crippen molar-refractivity contribution in [2.75, 3.05) is 5.32 Å². The van der Waals surface area contributed by atoms with E-state index in [4.69, 9.17) is 9.88 Å². The summed E-state index contributed by atoms with van der Waals surface area (Å²) in [5, 5.41) is 7.58. The normalized spacial score (nSPS) is 12.3. The first-order valence-electron chi connectivity index (χ1n) is 7.70. The number of hydrogen-bond donors (Lipinski definition) is 2. The summed E-state index contributed by atoms with van der Waals surface area (Å²) in [7, 11) is -4.23. The van der Waals surface area contributed by atoms with E-state index in [9.17, 15) is 21.6 Å². The van der Waals surface area contributed by atoms with Crippen LogP contribution in [0.4, 0.5) is 18.9 Å². The summed E-state index contributed by atoms with van der Waals surface area (Å²) >= 11 is 0. The zero-order chi connectivity index (χ0) is 19.5. The lowest BCUT2D eigenvalue weighted by Crippen LogP contribution is -2.16. The monoisotopic (exact) mass is 388 g/mol. The molecule has 0 saturated heterocycles. The average Bonchev–Trinajstić information content (AvgIpc) is 2.51. The van der Waals surface area contributed by atoms with Gasteiger partial charge in [-0.3, -0.25) is 0 Å². The van der Waals surface area contributed by atoms with Crippen LogP contribution in [0, 0.1) is 0 Å². The molecule has 9 heteroatoms. The number of nitrogens with two attached hydrogens (primary N) is 1. The summed E-state index contributed by atoms with van der Waals surface area (Å²) in [6, 6.07) is 9.54. The van der Waals surface area contributed by atoms with Crippen molar-refractivity contribution in [2.24, 2.45) is 5.14 Å². The third-order valence-electron chi connectivity index (χ3n) is 3.40. The number of rotatable bonds is 6. The summed E-state index contributed by atoms with van der Waals surface area (Å²) in [5.74, 6) is 0.664. The van der Waals surface area contributed by atoms with Crippen molar-refractivity contribution < 1.29 is 26.3 Å². The number of alkyl halides is 3. The molecule has 5 nitrogen and oxygen atoms in total. The van der Waals surface area contributed by atoms with Gasteiger partial charge in [-0.05, 0) is 49.7 Å². The van der Waals surface area contributed by atoms with E-state index in [0.717, 1.165) is 17.7 Å². The van der Waals surface area contributed by atoms with E-state index >= 15 is 0 Å². The molecule has 2 aromatic rings. The van der Waals surface area contributed by atoms with Crippen LogP contribution in [0.5, 0.6) is 5.75 Å². The van der Waals surface area contributed by atoms with Crippen molar-refractivity contribution in [1.82, 2.24) is 0 Å². The molecule has 0 amide bonds. The van der Waals surface area contributed by atoms with Crippen LogP contribution in [-0.2, 0) is 22.7 Å². The van der Waals surface area contributed by atoms with Crippen LogP contribution in [-0.4, -0.2) is 14.5 Å². The summed E-state index contributed by atoms with van der Waals surface area (Å²) < 4.78 is 67.8. The predicted octanol–water partition coefficient (Wildman–Crippen LogP) is 3.75. The van der Waals surface area contributed by atoms with Gasteiger partial charge in [-0.15, -0.1) is 0 Å². The quantitative estimate of drug-likeness (QED) is 0.790. The average molecular weight is 388 g/mol. The summed E-state index contributed by atoms with van der Waals surface area (Å²) in [6.07, 6.45) is -4.71. The van der Waals surface area contributed by atoms with E-state index in [0.29, 0.717) is 11.8 Å². The molecular weight excluding hydrogens is 369 g/mol. The molecule has 2 aromatic carbocycles. The lowest BCUT2D eigenvalue weighted by molar-refractivity contribution is -0.137. The van der Waals surface area contributed by atoms with Gasteiger partial charge in [0.15, 0.2) is 0 Å². The van der Waals surface area contributed by atoms with Crippen molar-refractivity contribution in [3.63, 3.8) is 0 Å². The molecule has 0 aromatic heterocycles. The van der Waals surface area contributed by atoms with Crippen LogP contribution in [0.25, 0.3) is 0 Å². The largest absolute Gasteiger partial charge is 0.491 e. The minimum atomic E-state index is -4.72. The van der Waals surface area contributed by atoms with E-state index in [2.05, 4.69) is 5.32 Å². The molecule has 142 valence electrons. The second-order valence-electron chi connectivity index (χ2n) is 5.91. The Morgan fingerprint density at radius 3 is 2.23 bits per heavy atom. The van der Waals surface area contributed by atoms with Gasteiger partial charge in [0.2, 0.25) is 10.0 Å². The first-order valence-corrected chi connectivity index (χ1v) is 9.25. The Bertz CT molecular complexity index is 864. The summed E-state index contributed by atoms with van der Waals surface area (Å²) in [4.78, 5) is -0.592. The minimum Gasteiger partial charge on any atom is -0.491 e. The molecule has 0 fully saturated rings. The van der Waals surface area contributed by atoms with Crippen molar-refractivity contribution >= 4 is 15.7 Å².